The molecule has 1 aromatic heterocycles. The summed E-state index contributed by atoms with van der Waals surface area (Å²) < 4.78 is 17.8. The van der Waals surface area contributed by atoms with Crippen molar-refractivity contribution in [2.45, 2.75) is 39.7 Å². The van der Waals surface area contributed by atoms with Gasteiger partial charge in [-0.25, -0.2) is 19.1 Å². The Balaban J connectivity index is 0.000000722. The molecule has 0 amide bonds. The number of aromatic nitrogens is 2. The summed E-state index contributed by atoms with van der Waals surface area (Å²) in [7, 11) is -9.28. The molecule has 228 valence electrons. The topological polar surface area (TPSA) is 197 Å². The lowest BCUT2D eigenvalue weighted by atomic mass is 10.1. The van der Waals surface area contributed by atoms with Crippen molar-refractivity contribution < 1.29 is 38.5 Å². The van der Waals surface area contributed by atoms with Crippen LogP contribution >= 0.6 is 38.8 Å². The molecule has 0 bridgehead atoms. The maximum absolute atomic E-state index is 8.88. The average Bonchev–Trinajstić information content (AvgIpc) is 2.84. The fraction of sp³-hybridized carbons (Fsp3) is 0.360. The average molecular weight is 653 g/mol. The molecule has 0 fully saturated rings. The van der Waals surface area contributed by atoms with E-state index in [2.05, 4.69) is 36.0 Å². The molecule has 0 radical (unpaired) electrons. The first-order chi connectivity index (χ1) is 19.0. The summed E-state index contributed by atoms with van der Waals surface area (Å²) in [5, 5.41) is 5.91. The molecule has 16 heteroatoms. The SMILES string of the molecule is CCN(CC)CCCC(C)Nc1nc(/C=C/c2ccccc2Cl)nc2cc(Cl)ccc12.O=P(O)(O)O.O=P(O)(O)O. The monoisotopic (exact) mass is 652 g/mol. The van der Waals surface area contributed by atoms with Gasteiger partial charge < -0.3 is 39.6 Å². The summed E-state index contributed by atoms with van der Waals surface area (Å²) >= 11 is 12.5. The second-order valence-electron chi connectivity index (χ2n) is 8.69. The van der Waals surface area contributed by atoms with E-state index in [9.17, 15) is 0 Å². The van der Waals surface area contributed by atoms with Crippen LogP contribution in [-0.4, -0.2) is 69.9 Å². The highest BCUT2D eigenvalue weighted by molar-refractivity contribution is 7.45. The predicted octanol–water partition coefficient (Wildman–Crippen LogP) is 5.17. The second-order valence-corrected chi connectivity index (χ2v) is 11.6. The highest BCUT2D eigenvalue weighted by atomic mass is 35.5. The molecular weight excluding hydrogens is 617 g/mol. The van der Waals surface area contributed by atoms with Gasteiger partial charge in [0.2, 0.25) is 0 Å². The van der Waals surface area contributed by atoms with Gasteiger partial charge in [-0.05, 0) is 81.4 Å². The molecule has 3 aromatic rings. The minimum atomic E-state index is -4.64. The van der Waals surface area contributed by atoms with Gasteiger partial charge >= 0.3 is 15.6 Å². The lowest BCUT2D eigenvalue weighted by Crippen LogP contribution is -2.25. The number of phosphoric acid groups is 2. The van der Waals surface area contributed by atoms with Gasteiger partial charge in [0.05, 0.1) is 5.52 Å². The highest BCUT2D eigenvalue weighted by Crippen LogP contribution is 2.27. The summed E-state index contributed by atoms with van der Waals surface area (Å²) in [6.45, 7) is 9.92. The molecule has 0 aliphatic rings. The van der Waals surface area contributed by atoms with Crippen molar-refractivity contribution in [2.24, 2.45) is 0 Å². The Morgan fingerprint density at radius 1 is 0.927 bits per heavy atom. The zero-order valence-corrected chi connectivity index (χ0v) is 26.1. The smallest absolute Gasteiger partial charge is 0.367 e. The van der Waals surface area contributed by atoms with E-state index in [-0.39, 0.29) is 0 Å². The molecule has 7 N–H and O–H groups in total. The van der Waals surface area contributed by atoms with Crippen molar-refractivity contribution in [1.29, 1.82) is 0 Å². The van der Waals surface area contributed by atoms with Gasteiger partial charge in [-0.2, -0.15) is 0 Å². The first-order valence-electron chi connectivity index (χ1n) is 12.5. The third kappa shape index (κ3) is 17.6. The lowest BCUT2D eigenvalue weighted by Gasteiger charge is -2.20. The van der Waals surface area contributed by atoms with E-state index in [1.807, 2.05) is 54.6 Å². The number of rotatable bonds is 10. The quantitative estimate of drug-likeness (QED) is 0.142. The summed E-state index contributed by atoms with van der Waals surface area (Å²) in [5.41, 5.74) is 1.75. The largest absolute Gasteiger partial charge is 0.466 e. The predicted molar refractivity (Wildman–Crippen MR) is 164 cm³/mol. The van der Waals surface area contributed by atoms with Crippen molar-refractivity contribution in [3.05, 3.63) is 63.9 Å². The van der Waals surface area contributed by atoms with E-state index in [1.54, 1.807) is 0 Å². The van der Waals surface area contributed by atoms with E-state index >= 15 is 0 Å². The zero-order chi connectivity index (χ0) is 31.2. The van der Waals surface area contributed by atoms with Crippen molar-refractivity contribution >= 4 is 67.7 Å². The van der Waals surface area contributed by atoms with Crippen LogP contribution < -0.4 is 5.32 Å². The number of halogens is 2. The maximum Gasteiger partial charge on any atom is 0.466 e. The Bertz CT molecular complexity index is 1330. The summed E-state index contributed by atoms with van der Waals surface area (Å²) in [4.78, 5) is 55.0. The number of hydrogen-bond donors (Lipinski definition) is 7. The second kappa shape index (κ2) is 17.9. The number of nitrogens with zero attached hydrogens (tertiary/aromatic N) is 3. The van der Waals surface area contributed by atoms with Gasteiger partial charge in [0.25, 0.3) is 0 Å². The van der Waals surface area contributed by atoms with Gasteiger partial charge in [0, 0.05) is 21.5 Å². The molecule has 0 saturated heterocycles. The van der Waals surface area contributed by atoms with Gasteiger partial charge in [0.1, 0.15) is 5.82 Å². The van der Waals surface area contributed by atoms with Crippen LogP contribution in [0.1, 0.15) is 45.0 Å². The summed E-state index contributed by atoms with van der Waals surface area (Å²) in [5.74, 6) is 1.45. The number of benzene rings is 2. The van der Waals surface area contributed by atoms with Crippen LogP contribution in [0.5, 0.6) is 0 Å². The van der Waals surface area contributed by atoms with E-state index in [4.69, 9.17) is 66.7 Å². The van der Waals surface area contributed by atoms with Crippen molar-refractivity contribution in [2.75, 3.05) is 25.0 Å². The fourth-order valence-electron chi connectivity index (χ4n) is 3.55. The Kier molecular flexibility index (Phi) is 16.2. The number of fused-ring (bicyclic) bond motifs is 1. The molecule has 0 spiro atoms. The Hall–Kier alpha value is -1.92. The molecule has 0 aliphatic heterocycles. The summed E-state index contributed by atoms with van der Waals surface area (Å²) in [6.07, 6.45) is 6.04. The van der Waals surface area contributed by atoms with Crippen molar-refractivity contribution in [1.82, 2.24) is 14.9 Å². The molecule has 12 nitrogen and oxygen atoms in total. The Morgan fingerprint density at radius 3 is 2.07 bits per heavy atom. The summed E-state index contributed by atoms with van der Waals surface area (Å²) in [6, 6.07) is 13.7. The van der Waals surface area contributed by atoms with E-state index in [0.29, 0.717) is 21.9 Å². The molecule has 3 rings (SSSR count). The van der Waals surface area contributed by atoms with Crippen molar-refractivity contribution in [3.63, 3.8) is 0 Å². The third-order valence-electron chi connectivity index (χ3n) is 5.38. The minimum Gasteiger partial charge on any atom is -0.367 e. The fourth-order valence-corrected chi connectivity index (χ4v) is 3.91. The Morgan fingerprint density at radius 2 is 1.51 bits per heavy atom. The lowest BCUT2D eigenvalue weighted by molar-refractivity contribution is 0.272. The highest BCUT2D eigenvalue weighted by Gasteiger charge is 2.11. The molecule has 2 aromatic carbocycles. The van der Waals surface area contributed by atoms with Crippen LogP contribution in [0.15, 0.2) is 42.5 Å². The first-order valence-corrected chi connectivity index (χ1v) is 16.3. The van der Waals surface area contributed by atoms with Crippen molar-refractivity contribution in [3.8, 4) is 0 Å². The number of nitrogens with one attached hydrogen (secondary N) is 1. The van der Waals surface area contributed by atoms with E-state index < -0.39 is 15.6 Å². The van der Waals surface area contributed by atoms with Crippen LogP contribution in [-0.2, 0) is 9.13 Å². The number of hydrogen-bond acceptors (Lipinski definition) is 6. The minimum absolute atomic E-state index is 0.296. The zero-order valence-electron chi connectivity index (χ0n) is 22.8. The molecule has 1 unspecified atom stereocenters. The third-order valence-corrected chi connectivity index (χ3v) is 5.96. The molecule has 0 aliphatic carbocycles. The van der Waals surface area contributed by atoms with Crippen LogP contribution in [0.4, 0.5) is 5.82 Å². The van der Waals surface area contributed by atoms with Crippen LogP contribution in [0, 0.1) is 0 Å². The van der Waals surface area contributed by atoms with E-state index in [1.165, 1.54) is 0 Å². The molecule has 41 heavy (non-hydrogen) atoms. The molecule has 1 heterocycles. The van der Waals surface area contributed by atoms with Gasteiger partial charge in [0.15, 0.2) is 5.82 Å². The van der Waals surface area contributed by atoms with E-state index in [0.717, 1.165) is 54.8 Å². The van der Waals surface area contributed by atoms with Crippen LogP contribution in [0.2, 0.25) is 10.0 Å². The molecule has 1 atom stereocenters. The standard InChI is InChI=1S/C25H30Cl2N4.2H3O4P/c1-4-31(5-2)16-8-9-18(3)28-25-21-14-13-20(26)17-23(21)29-24(30-25)15-12-19-10-6-7-11-22(19)27;2*1-5(2,3)4/h6-7,10-15,17-18H,4-5,8-9,16H2,1-3H3,(H,28,29,30);2*(H3,1,2,3,4)/b15-12+;;. The van der Waals surface area contributed by atoms with Gasteiger partial charge in [-0.1, -0.05) is 55.2 Å². The van der Waals surface area contributed by atoms with Gasteiger partial charge in [-0.15, -0.1) is 0 Å². The molecular formula is C25H36Cl2N4O8P2. The Labute approximate surface area is 249 Å². The van der Waals surface area contributed by atoms with Crippen LogP contribution in [0.3, 0.4) is 0 Å². The maximum atomic E-state index is 8.88. The first kappa shape index (κ1) is 37.1. The molecule has 0 saturated carbocycles. The normalized spacial score (nSPS) is 12.5. The number of anilines is 1. The van der Waals surface area contributed by atoms with Gasteiger partial charge in [-0.3, -0.25) is 0 Å². The van der Waals surface area contributed by atoms with Crippen LogP contribution in [0.25, 0.3) is 23.1 Å².